The predicted octanol–water partition coefficient (Wildman–Crippen LogP) is 4.39. The smallest absolute Gasteiger partial charge is 0.123 e. The Morgan fingerprint density at radius 1 is 1.10 bits per heavy atom. The van der Waals surface area contributed by atoms with Gasteiger partial charge in [0.1, 0.15) is 12.4 Å². The summed E-state index contributed by atoms with van der Waals surface area (Å²) < 4.78 is 8.00. The number of ether oxygens (including phenoxy) is 1. The number of hydrogen-bond donors (Lipinski definition) is 0. The van der Waals surface area contributed by atoms with Gasteiger partial charge >= 0.3 is 0 Å². The molecular weight excluding hydrogens is 284 g/mol. The van der Waals surface area contributed by atoms with E-state index in [0.29, 0.717) is 6.61 Å². The number of aromatic nitrogens is 2. The third kappa shape index (κ3) is 3.19. The molecule has 4 heteroatoms. The Morgan fingerprint density at radius 3 is 2.62 bits per heavy atom. The second kappa shape index (κ2) is 5.78. The van der Waals surface area contributed by atoms with Crippen LogP contribution >= 0.6 is 11.6 Å². The Kier molecular flexibility index (Phi) is 3.84. The lowest BCUT2D eigenvalue weighted by Crippen LogP contribution is -2.07. The zero-order chi connectivity index (χ0) is 14.8. The van der Waals surface area contributed by atoms with Crippen LogP contribution in [0.2, 0.25) is 5.02 Å². The molecule has 1 aromatic carbocycles. The van der Waals surface area contributed by atoms with E-state index in [-0.39, 0.29) is 0 Å². The van der Waals surface area contributed by atoms with Crippen LogP contribution in [0.25, 0.3) is 10.9 Å². The van der Waals surface area contributed by atoms with E-state index >= 15 is 0 Å². The third-order valence-electron chi connectivity index (χ3n) is 3.39. The van der Waals surface area contributed by atoms with Crippen LogP contribution in [0.4, 0.5) is 0 Å². The molecule has 0 fully saturated rings. The number of fused-ring (bicyclic) bond motifs is 1. The summed E-state index contributed by atoms with van der Waals surface area (Å²) in [5, 5.41) is 1.91. The van der Waals surface area contributed by atoms with Gasteiger partial charge in [0.15, 0.2) is 0 Å². The monoisotopic (exact) mass is 300 g/mol. The molecule has 0 saturated carbocycles. The van der Waals surface area contributed by atoms with E-state index in [1.165, 1.54) is 5.52 Å². The Morgan fingerprint density at radius 2 is 1.86 bits per heavy atom. The lowest BCUT2D eigenvalue weighted by molar-refractivity contribution is 0.299. The van der Waals surface area contributed by atoms with Gasteiger partial charge in [0.05, 0.1) is 6.54 Å². The van der Waals surface area contributed by atoms with Gasteiger partial charge in [-0.3, -0.25) is 4.98 Å². The largest absolute Gasteiger partial charge is 0.492 e. The fraction of sp³-hybridized carbons (Fsp3) is 0.235. The number of rotatable bonds is 4. The molecule has 3 aromatic rings. The summed E-state index contributed by atoms with van der Waals surface area (Å²) in [6.45, 7) is 5.37. The second-order valence-corrected chi connectivity index (χ2v) is 5.58. The Labute approximate surface area is 129 Å². The Hall–Kier alpha value is -2.00. The summed E-state index contributed by atoms with van der Waals surface area (Å²) in [4.78, 5) is 4.34. The number of benzene rings is 1. The molecule has 21 heavy (non-hydrogen) atoms. The van der Waals surface area contributed by atoms with E-state index in [0.717, 1.165) is 34.1 Å². The molecule has 0 atom stereocenters. The average Bonchev–Trinajstić information content (AvgIpc) is 2.80. The molecule has 0 bridgehead atoms. The number of hydrogen-bond acceptors (Lipinski definition) is 2. The first-order chi connectivity index (χ1) is 10.1. The number of halogens is 1. The van der Waals surface area contributed by atoms with Gasteiger partial charge in [-0.15, -0.1) is 0 Å². The standard InChI is InChI=1S/C17H17ClN2O/c1-12-9-16(10-13(2)19-12)21-8-7-20-6-5-14-11-15(18)3-4-17(14)20/h3-6,9-11H,7-8H2,1-2H3. The molecule has 0 amide bonds. The number of pyridine rings is 1. The van der Waals surface area contributed by atoms with Crippen molar-refractivity contribution in [2.45, 2.75) is 20.4 Å². The summed E-state index contributed by atoms with van der Waals surface area (Å²) >= 11 is 6.00. The van der Waals surface area contributed by atoms with Gasteiger partial charge in [-0.1, -0.05) is 11.6 Å². The molecule has 3 rings (SSSR count). The van der Waals surface area contributed by atoms with Crippen LogP contribution in [0.5, 0.6) is 5.75 Å². The van der Waals surface area contributed by atoms with Gasteiger partial charge in [-0.25, -0.2) is 0 Å². The van der Waals surface area contributed by atoms with Crippen molar-refractivity contribution in [3.8, 4) is 5.75 Å². The molecule has 108 valence electrons. The first-order valence-corrected chi connectivity index (χ1v) is 7.32. The predicted molar refractivity (Wildman–Crippen MR) is 86.2 cm³/mol. The van der Waals surface area contributed by atoms with Crippen molar-refractivity contribution in [3.05, 3.63) is 59.0 Å². The highest BCUT2D eigenvalue weighted by molar-refractivity contribution is 6.31. The maximum absolute atomic E-state index is 6.00. The molecule has 0 N–H and O–H groups in total. The molecule has 0 radical (unpaired) electrons. The number of nitrogens with zero attached hydrogens (tertiary/aromatic N) is 2. The molecule has 3 nitrogen and oxygen atoms in total. The quantitative estimate of drug-likeness (QED) is 0.714. The third-order valence-corrected chi connectivity index (χ3v) is 3.62. The van der Waals surface area contributed by atoms with Crippen molar-refractivity contribution in [1.29, 1.82) is 0 Å². The summed E-state index contributed by atoms with van der Waals surface area (Å²) in [6.07, 6.45) is 2.06. The summed E-state index contributed by atoms with van der Waals surface area (Å²) in [5.74, 6) is 0.875. The highest BCUT2D eigenvalue weighted by Gasteiger charge is 2.03. The van der Waals surface area contributed by atoms with E-state index in [2.05, 4.69) is 21.8 Å². The Balaban J connectivity index is 1.69. The SMILES string of the molecule is Cc1cc(OCCn2ccc3cc(Cl)ccc32)cc(C)n1. The van der Waals surface area contributed by atoms with Crippen LogP contribution in [-0.4, -0.2) is 16.2 Å². The lowest BCUT2D eigenvalue weighted by Gasteiger charge is -2.09. The normalized spacial score (nSPS) is 11.0. The highest BCUT2D eigenvalue weighted by atomic mass is 35.5. The van der Waals surface area contributed by atoms with Crippen molar-refractivity contribution >= 4 is 22.5 Å². The average molecular weight is 301 g/mol. The van der Waals surface area contributed by atoms with E-state index in [1.54, 1.807) is 0 Å². The van der Waals surface area contributed by atoms with Crippen LogP contribution < -0.4 is 4.74 Å². The van der Waals surface area contributed by atoms with Crippen LogP contribution in [0, 0.1) is 13.8 Å². The van der Waals surface area contributed by atoms with E-state index in [1.807, 2.05) is 44.2 Å². The zero-order valence-electron chi connectivity index (χ0n) is 12.1. The molecule has 2 heterocycles. The topological polar surface area (TPSA) is 27.1 Å². The van der Waals surface area contributed by atoms with E-state index in [4.69, 9.17) is 16.3 Å². The first-order valence-electron chi connectivity index (χ1n) is 6.94. The van der Waals surface area contributed by atoms with Gasteiger partial charge in [-0.05, 0) is 38.1 Å². The van der Waals surface area contributed by atoms with Crippen molar-refractivity contribution in [1.82, 2.24) is 9.55 Å². The fourth-order valence-corrected chi connectivity index (χ4v) is 2.69. The molecule has 0 unspecified atom stereocenters. The van der Waals surface area contributed by atoms with Gasteiger partial charge in [0, 0.05) is 45.6 Å². The summed E-state index contributed by atoms with van der Waals surface area (Å²) in [6, 6.07) is 11.9. The van der Waals surface area contributed by atoms with E-state index < -0.39 is 0 Å². The second-order valence-electron chi connectivity index (χ2n) is 5.15. The molecule has 0 spiro atoms. The summed E-state index contributed by atoms with van der Waals surface area (Å²) in [7, 11) is 0. The zero-order valence-corrected chi connectivity index (χ0v) is 12.9. The molecule has 0 aliphatic heterocycles. The van der Waals surface area contributed by atoms with Crippen molar-refractivity contribution in [2.75, 3.05) is 6.61 Å². The molecule has 2 aromatic heterocycles. The van der Waals surface area contributed by atoms with Crippen molar-refractivity contribution < 1.29 is 4.74 Å². The molecule has 0 aliphatic carbocycles. The van der Waals surface area contributed by atoms with Crippen molar-refractivity contribution in [2.24, 2.45) is 0 Å². The van der Waals surface area contributed by atoms with Gasteiger partial charge in [-0.2, -0.15) is 0 Å². The highest BCUT2D eigenvalue weighted by Crippen LogP contribution is 2.20. The van der Waals surface area contributed by atoms with Gasteiger partial charge < -0.3 is 9.30 Å². The number of aryl methyl sites for hydroxylation is 2. The Bertz CT molecular complexity index is 759. The minimum atomic E-state index is 0.620. The molecular formula is C17H17ClN2O. The maximum atomic E-state index is 6.00. The van der Waals surface area contributed by atoms with Crippen molar-refractivity contribution in [3.63, 3.8) is 0 Å². The van der Waals surface area contributed by atoms with Gasteiger partial charge in [0.25, 0.3) is 0 Å². The minimum Gasteiger partial charge on any atom is -0.492 e. The maximum Gasteiger partial charge on any atom is 0.123 e. The molecule has 0 aliphatic rings. The van der Waals surface area contributed by atoms with Crippen LogP contribution in [0.3, 0.4) is 0 Å². The van der Waals surface area contributed by atoms with Crippen LogP contribution in [-0.2, 0) is 6.54 Å². The summed E-state index contributed by atoms with van der Waals surface area (Å²) in [5.41, 5.74) is 3.13. The first kappa shape index (κ1) is 14.0. The van der Waals surface area contributed by atoms with Crippen LogP contribution in [0.1, 0.15) is 11.4 Å². The molecule has 0 saturated heterocycles. The van der Waals surface area contributed by atoms with Gasteiger partial charge in [0.2, 0.25) is 0 Å². The fourth-order valence-electron chi connectivity index (χ4n) is 2.51. The van der Waals surface area contributed by atoms with E-state index in [9.17, 15) is 0 Å². The lowest BCUT2D eigenvalue weighted by atomic mass is 10.2. The minimum absolute atomic E-state index is 0.620. The van der Waals surface area contributed by atoms with Crippen LogP contribution in [0.15, 0.2) is 42.6 Å².